The maximum absolute atomic E-state index is 10.8. The number of cyclic esters (lactones) is 4. The summed E-state index contributed by atoms with van der Waals surface area (Å²) < 4.78 is 89.4. The molecule has 0 aliphatic carbocycles. The number of hydrogen-bond acceptors (Lipinski definition) is 19. The minimum atomic E-state index is -1.66. The average molecular weight is 1120 g/mol. The molecule has 5 aliphatic heterocycles. The van der Waals surface area contributed by atoms with E-state index in [2.05, 4.69) is 121 Å². The van der Waals surface area contributed by atoms with Crippen molar-refractivity contribution < 1.29 is 88.9 Å². The molecule has 422 valence electrons. The van der Waals surface area contributed by atoms with Crippen LogP contribution in [0, 0.1) is 0 Å². The van der Waals surface area contributed by atoms with Crippen molar-refractivity contribution in [2.24, 2.45) is 0 Å². The molecule has 5 saturated heterocycles. The number of hydrogen-bond donors (Lipinski definition) is 0. The summed E-state index contributed by atoms with van der Waals surface area (Å²) in [7, 11) is -5.07. The van der Waals surface area contributed by atoms with Crippen molar-refractivity contribution in [2.75, 3.05) is 99.6 Å². The fourth-order valence-corrected chi connectivity index (χ4v) is 17.0. The Morgan fingerprint density at radius 3 is 1.12 bits per heavy atom. The molecule has 24 heteroatoms. The van der Waals surface area contributed by atoms with Gasteiger partial charge in [-0.05, 0) is 123 Å². The van der Waals surface area contributed by atoms with E-state index in [4.69, 9.17) is 69.8 Å². The molecule has 0 aromatic rings. The Balaban J connectivity index is 0.000000498. The fourth-order valence-electron chi connectivity index (χ4n) is 6.44. The summed E-state index contributed by atoms with van der Waals surface area (Å²) in [5.41, 5.74) is 0. The number of carbonyl (C=O) groups excluding carboxylic acids is 2. The molecule has 0 aromatic carbocycles. The zero-order valence-corrected chi connectivity index (χ0v) is 51.9. The molecule has 5 atom stereocenters. The third-order valence-corrected chi connectivity index (χ3v) is 19.1. The van der Waals surface area contributed by atoms with Crippen LogP contribution < -0.4 is 0 Å². The molecule has 5 aliphatic rings. The van der Waals surface area contributed by atoms with Crippen molar-refractivity contribution in [1.82, 2.24) is 0 Å². The molecule has 0 spiro atoms. The number of carbonyl (C=O) groups is 2. The minimum Gasteiger partial charge on any atom is -0.462 e. The van der Waals surface area contributed by atoms with Gasteiger partial charge in [-0.1, -0.05) is 26.2 Å². The van der Waals surface area contributed by atoms with Crippen LogP contribution in [0.4, 0.5) is 9.59 Å². The first-order valence-corrected chi connectivity index (χ1v) is 42.3. The lowest BCUT2D eigenvalue weighted by Gasteiger charge is -2.31. The van der Waals surface area contributed by atoms with Crippen LogP contribution in [0.15, 0.2) is 37.6 Å². The molecular formula is C48H96O19Si5. The largest absolute Gasteiger partial charge is 0.508 e. The van der Waals surface area contributed by atoms with E-state index in [-0.39, 0.29) is 37.1 Å². The zero-order valence-electron chi connectivity index (χ0n) is 46.9. The fraction of sp³-hybridized carbons (Fsp3) is 0.833. The minimum absolute atomic E-state index is 0.0102. The van der Waals surface area contributed by atoms with Gasteiger partial charge in [0.1, 0.15) is 33.0 Å². The van der Waals surface area contributed by atoms with E-state index in [0.29, 0.717) is 90.5 Å². The van der Waals surface area contributed by atoms with Gasteiger partial charge in [-0.15, -0.1) is 0 Å². The molecule has 72 heavy (non-hydrogen) atoms. The van der Waals surface area contributed by atoms with Crippen LogP contribution in [0.5, 0.6) is 0 Å². The van der Waals surface area contributed by atoms with Crippen molar-refractivity contribution in [3.8, 4) is 0 Å². The summed E-state index contributed by atoms with van der Waals surface area (Å²) in [5.74, 6) is 1.21. The van der Waals surface area contributed by atoms with Crippen LogP contribution in [0.3, 0.4) is 0 Å². The van der Waals surface area contributed by atoms with Gasteiger partial charge in [0, 0.05) is 41.6 Å². The van der Waals surface area contributed by atoms with Gasteiger partial charge < -0.3 is 79.3 Å². The van der Waals surface area contributed by atoms with Gasteiger partial charge in [-0.25, -0.2) is 9.59 Å². The highest BCUT2D eigenvalue weighted by Crippen LogP contribution is 2.21. The Bertz CT molecular complexity index is 1550. The summed E-state index contributed by atoms with van der Waals surface area (Å²) in [6, 6.07) is 2.21. The van der Waals surface area contributed by atoms with E-state index in [1.165, 1.54) is 0 Å². The molecule has 0 amide bonds. The quantitative estimate of drug-likeness (QED) is 0.0428. The second-order valence-corrected chi connectivity index (χ2v) is 46.4. The van der Waals surface area contributed by atoms with E-state index in [0.717, 1.165) is 51.0 Å². The maximum Gasteiger partial charge on any atom is 0.508 e. The van der Waals surface area contributed by atoms with Crippen molar-refractivity contribution >= 4 is 53.7 Å². The third-order valence-electron chi connectivity index (χ3n) is 9.34. The van der Waals surface area contributed by atoms with E-state index >= 15 is 0 Å². The average Bonchev–Trinajstić information content (AvgIpc) is 4.11. The van der Waals surface area contributed by atoms with Crippen LogP contribution in [-0.4, -0.2) is 184 Å². The SMILES string of the molecule is C=C1OCC(COCCC[Si](C)(C)OCCCCOCC2COC(=O)O2)O1.C=C1OCC(COCCC[Si](C)(C)O[Si](C)(C)C)O1.C=C1OCC(CO[Si](C)(C)C)O1.COCC1COC(=O)O1.C[Si](C)(C)C. The molecule has 0 aromatic heterocycles. The number of ether oxygens (including phenoxy) is 14. The lowest BCUT2D eigenvalue weighted by atomic mass is 10.3. The molecule has 0 radical (unpaired) electrons. The van der Waals surface area contributed by atoms with E-state index in [9.17, 15) is 9.59 Å². The highest BCUT2D eigenvalue weighted by atomic mass is 28.4. The van der Waals surface area contributed by atoms with Crippen LogP contribution in [-0.2, 0) is 79.3 Å². The van der Waals surface area contributed by atoms with Gasteiger partial charge in [0.15, 0.2) is 63.8 Å². The van der Waals surface area contributed by atoms with Gasteiger partial charge in [0.2, 0.25) is 0 Å². The Morgan fingerprint density at radius 1 is 0.431 bits per heavy atom. The molecule has 5 heterocycles. The van der Waals surface area contributed by atoms with Crippen LogP contribution >= 0.6 is 0 Å². The van der Waals surface area contributed by atoms with Crippen molar-refractivity contribution in [1.29, 1.82) is 0 Å². The van der Waals surface area contributed by atoms with Crippen LogP contribution in [0.2, 0.25) is 104 Å². The molecule has 5 fully saturated rings. The Hall–Kier alpha value is -2.64. The Kier molecular flexibility index (Phi) is 32.6. The Morgan fingerprint density at radius 2 is 0.778 bits per heavy atom. The van der Waals surface area contributed by atoms with Crippen molar-refractivity contribution in [3.05, 3.63) is 37.6 Å². The topological polar surface area (TPSA) is 191 Å². The lowest BCUT2D eigenvalue weighted by molar-refractivity contribution is 0.0413. The van der Waals surface area contributed by atoms with E-state index in [1.54, 1.807) is 7.11 Å². The second-order valence-electron chi connectivity index (χ2n) is 22.5. The first-order valence-electron chi connectivity index (χ1n) is 25.2. The molecule has 0 bridgehead atoms. The molecule has 0 saturated carbocycles. The van der Waals surface area contributed by atoms with Crippen LogP contribution in [0.25, 0.3) is 0 Å². The molecule has 0 N–H and O–H groups in total. The summed E-state index contributed by atoms with van der Waals surface area (Å²) >= 11 is 0. The first-order chi connectivity index (χ1) is 33.4. The third kappa shape index (κ3) is 39.8. The monoisotopic (exact) mass is 1120 g/mol. The Labute approximate surface area is 437 Å². The predicted octanol–water partition coefficient (Wildman–Crippen LogP) is 10.0. The molecule has 5 rings (SSSR count). The van der Waals surface area contributed by atoms with Gasteiger partial charge in [-0.2, -0.15) is 0 Å². The standard InChI is InChI=1S/C18H32O8Si.C13H28O4Si2.C8H16O3Si.C5H8O4.C4H12Si/c1-15-22-13-16(25-15)11-21-8-6-10-27(2,3)24-9-5-4-7-20-12-17-14-23-18(19)26-17;1-12-15-11-13(16-12)10-14-8-7-9-19(5,6)17-18(2,3)4;1-7-9-5-8(11-7)6-10-12(2,3)4;1-7-2-4-3-8-5(6)9-4;1-5(2,3)4/h16-17H,1,4-14H2,2-3H3;13H,1,7-11H2,2-6H3;8H,1,5-6H2,2-4H3;4H,2-3H2,1H3;1-4H3. The zero-order chi connectivity index (χ0) is 54.4. The smallest absolute Gasteiger partial charge is 0.462 e. The van der Waals surface area contributed by atoms with Crippen molar-refractivity contribution in [2.45, 2.75) is 160 Å². The normalized spacial score (nSPS) is 21.7. The predicted molar refractivity (Wildman–Crippen MR) is 289 cm³/mol. The van der Waals surface area contributed by atoms with Gasteiger partial charge in [0.25, 0.3) is 17.8 Å². The summed E-state index contributed by atoms with van der Waals surface area (Å²) in [4.78, 5) is 21.0. The number of methoxy groups -OCH3 is 1. The lowest BCUT2D eigenvalue weighted by Crippen LogP contribution is -2.42. The van der Waals surface area contributed by atoms with E-state index in [1.807, 2.05) is 0 Å². The first kappa shape index (κ1) is 67.4. The van der Waals surface area contributed by atoms with E-state index < -0.39 is 53.7 Å². The van der Waals surface area contributed by atoms with Crippen molar-refractivity contribution in [3.63, 3.8) is 0 Å². The highest BCUT2D eigenvalue weighted by molar-refractivity contribution is 6.84. The molecule has 5 unspecified atom stereocenters. The number of rotatable bonds is 27. The number of unbranched alkanes of at least 4 members (excludes halogenated alkanes) is 1. The summed E-state index contributed by atoms with van der Waals surface area (Å²) in [6.07, 6.45) is 2.25. The molecular weight excluding hydrogens is 1020 g/mol. The molecule has 19 nitrogen and oxygen atoms in total. The second kappa shape index (κ2) is 34.8. The highest BCUT2D eigenvalue weighted by Gasteiger charge is 2.30. The van der Waals surface area contributed by atoms with Crippen LogP contribution in [0.1, 0.15) is 25.7 Å². The van der Waals surface area contributed by atoms with Gasteiger partial charge in [-0.3, -0.25) is 0 Å². The maximum atomic E-state index is 10.8. The van der Waals surface area contributed by atoms with Gasteiger partial charge in [0.05, 0.1) is 33.0 Å². The van der Waals surface area contributed by atoms with Gasteiger partial charge >= 0.3 is 12.3 Å². The summed E-state index contributed by atoms with van der Waals surface area (Å²) in [6.45, 7) is 50.0. The summed E-state index contributed by atoms with van der Waals surface area (Å²) in [5, 5.41) is 0.